The van der Waals surface area contributed by atoms with Gasteiger partial charge in [0.2, 0.25) is 5.91 Å². The van der Waals surface area contributed by atoms with E-state index in [1.807, 2.05) is 17.8 Å². The van der Waals surface area contributed by atoms with Crippen LogP contribution < -0.4 is 5.32 Å². The number of amides is 1. The topological polar surface area (TPSA) is 34.0 Å². The molecule has 1 aromatic heterocycles. The van der Waals surface area contributed by atoms with E-state index < -0.39 is 0 Å². The third-order valence-electron chi connectivity index (χ3n) is 5.93. The summed E-state index contributed by atoms with van der Waals surface area (Å²) in [5.41, 5.74) is 3.38. The van der Waals surface area contributed by atoms with Gasteiger partial charge < -0.3 is 9.88 Å². The maximum atomic E-state index is 12.9. The summed E-state index contributed by atoms with van der Waals surface area (Å²) in [6.07, 6.45) is 7.38. The molecule has 4 rings (SSSR count). The molecular formula is C24H30N2OS. The van der Waals surface area contributed by atoms with Crippen LogP contribution in [0, 0.1) is 0 Å². The van der Waals surface area contributed by atoms with Crippen LogP contribution >= 0.6 is 11.8 Å². The predicted octanol–water partition coefficient (Wildman–Crippen LogP) is 6.60. The highest BCUT2D eigenvalue weighted by Crippen LogP contribution is 2.34. The van der Waals surface area contributed by atoms with Gasteiger partial charge in [-0.05, 0) is 50.5 Å². The molecule has 4 heteroatoms. The van der Waals surface area contributed by atoms with Crippen LogP contribution in [0.2, 0.25) is 0 Å². The van der Waals surface area contributed by atoms with Crippen LogP contribution in [-0.4, -0.2) is 21.0 Å². The van der Waals surface area contributed by atoms with Gasteiger partial charge in [-0.25, -0.2) is 0 Å². The summed E-state index contributed by atoms with van der Waals surface area (Å²) in [6.45, 7) is 5.24. The van der Waals surface area contributed by atoms with Crippen molar-refractivity contribution in [3.05, 3.63) is 42.5 Å². The monoisotopic (exact) mass is 394 g/mol. The first-order valence-corrected chi connectivity index (χ1v) is 11.6. The number of aryl methyl sites for hydroxylation is 1. The number of thioether (sulfide) groups is 1. The Morgan fingerprint density at radius 3 is 2.57 bits per heavy atom. The Hall–Kier alpha value is -1.94. The Morgan fingerprint density at radius 1 is 1.07 bits per heavy atom. The molecule has 148 valence electrons. The second-order valence-corrected chi connectivity index (χ2v) is 9.28. The normalized spacial score (nSPS) is 16.5. The van der Waals surface area contributed by atoms with Crippen molar-refractivity contribution < 1.29 is 4.79 Å². The van der Waals surface area contributed by atoms with E-state index in [1.54, 1.807) is 0 Å². The molecule has 1 atom stereocenters. The zero-order valence-corrected chi connectivity index (χ0v) is 17.7. The standard InChI is InChI=1S/C24H30N2OS/c1-3-23(28-18-10-6-5-7-11-18)24(27)25-17-14-15-22-20(16-17)19-12-8-9-13-21(19)26(22)4-2/h8-9,12-16,18,23H,3-7,10-11H2,1-2H3,(H,25,27). The fraction of sp³-hybridized carbons (Fsp3) is 0.458. The number of nitrogens with zero attached hydrogens (tertiary/aromatic N) is 1. The van der Waals surface area contributed by atoms with Crippen molar-refractivity contribution in [3.8, 4) is 0 Å². The number of rotatable bonds is 6. The maximum absolute atomic E-state index is 12.9. The molecule has 1 heterocycles. The summed E-state index contributed by atoms with van der Waals surface area (Å²) in [5.74, 6) is 0.150. The first-order valence-electron chi connectivity index (χ1n) is 10.7. The molecule has 1 N–H and O–H groups in total. The van der Waals surface area contributed by atoms with Crippen LogP contribution in [0.5, 0.6) is 0 Å². The van der Waals surface area contributed by atoms with E-state index in [0.29, 0.717) is 5.25 Å². The van der Waals surface area contributed by atoms with E-state index in [0.717, 1.165) is 18.7 Å². The molecule has 28 heavy (non-hydrogen) atoms. The average Bonchev–Trinajstić information content (AvgIpc) is 3.05. The molecule has 0 aliphatic heterocycles. The highest BCUT2D eigenvalue weighted by atomic mass is 32.2. The lowest BCUT2D eigenvalue weighted by Gasteiger charge is -2.25. The highest BCUT2D eigenvalue weighted by molar-refractivity contribution is 8.01. The van der Waals surface area contributed by atoms with Crippen molar-refractivity contribution in [3.63, 3.8) is 0 Å². The number of aromatic nitrogens is 1. The first kappa shape index (κ1) is 19.4. The van der Waals surface area contributed by atoms with Crippen molar-refractivity contribution in [2.45, 2.75) is 69.4 Å². The molecule has 0 radical (unpaired) electrons. The quantitative estimate of drug-likeness (QED) is 0.511. The minimum absolute atomic E-state index is 0.0378. The number of carbonyl (C=O) groups excluding carboxylic acids is 1. The Labute approximate surface area is 171 Å². The number of hydrogen-bond donors (Lipinski definition) is 1. The zero-order chi connectivity index (χ0) is 19.5. The smallest absolute Gasteiger partial charge is 0.237 e. The van der Waals surface area contributed by atoms with Crippen LogP contribution in [0.1, 0.15) is 52.4 Å². The number of carbonyl (C=O) groups is 1. The number of fused-ring (bicyclic) bond motifs is 3. The largest absolute Gasteiger partial charge is 0.341 e. The summed E-state index contributed by atoms with van der Waals surface area (Å²) in [4.78, 5) is 12.9. The molecule has 1 fully saturated rings. The minimum atomic E-state index is 0.0378. The van der Waals surface area contributed by atoms with Crippen LogP contribution in [0.25, 0.3) is 21.8 Å². The molecule has 1 aliphatic carbocycles. The number of hydrogen-bond acceptors (Lipinski definition) is 2. The average molecular weight is 395 g/mol. The van der Waals surface area contributed by atoms with E-state index in [9.17, 15) is 4.79 Å². The molecule has 3 nitrogen and oxygen atoms in total. The van der Waals surface area contributed by atoms with E-state index in [1.165, 1.54) is 53.9 Å². The zero-order valence-electron chi connectivity index (χ0n) is 16.9. The van der Waals surface area contributed by atoms with Gasteiger partial charge in [0.05, 0.1) is 5.25 Å². The summed E-state index contributed by atoms with van der Waals surface area (Å²) >= 11 is 1.89. The second kappa shape index (κ2) is 8.60. The fourth-order valence-electron chi connectivity index (χ4n) is 4.47. The molecule has 0 spiro atoms. The molecule has 0 saturated heterocycles. The van der Waals surface area contributed by atoms with E-state index in [2.05, 4.69) is 60.1 Å². The number of nitrogens with one attached hydrogen (secondary N) is 1. The van der Waals surface area contributed by atoms with Gasteiger partial charge in [-0.15, -0.1) is 11.8 Å². The lowest BCUT2D eigenvalue weighted by molar-refractivity contribution is -0.115. The Kier molecular flexibility index (Phi) is 5.96. The lowest BCUT2D eigenvalue weighted by atomic mass is 10.0. The molecule has 0 bridgehead atoms. The molecule has 1 aliphatic rings. The van der Waals surface area contributed by atoms with E-state index in [-0.39, 0.29) is 11.2 Å². The lowest BCUT2D eigenvalue weighted by Crippen LogP contribution is -2.27. The van der Waals surface area contributed by atoms with E-state index in [4.69, 9.17) is 0 Å². The van der Waals surface area contributed by atoms with Crippen molar-refractivity contribution in [2.75, 3.05) is 5.32 Å². The number of benzene rings is 2. The van der Waals surface area contributed by atoms with Gasteiger partial charge in [-0.2, -0.15) is 0 Å². The van der Waals surface area contributed by atoms with Crippen LogP contribution in [0.3, 0.4) is 0 Å². The highest BCUT2D eigenvalue weighted by Gasteiger charge is 2.24. The number of para-hydroxylation sites is 1. The van der Waals surface area contributed by atoms with Crippen molar-refractivity contribution in [1.29, 1.82) is 0 Å². The molecule has 1 unspecified atom stereocenters. The molecule has 2 aromatic carbocycles. The minimum Gasteiger partial charge on any atom is -0.341 e. The van der Waals surface area contributed by atoms with Gasteiger partial charge in [-0.3, -0.25) is 4.79 Å². The van der Waals surface area contributed by atoms with Crippen LogP contribution in [-0.2, 0) is 11.3 Å². The fourth-order valence-corrected chi connectivity index (χ4v) is 5.92. The second-order valence-electron chi connectivity index (χ2n) is 7.78. The summed E-state index contributed by atoms with van der Waals surface area (Å²) in [5, 5.41) is 6.34. The van der Waals surface area contributed by atoms with Crippen molar-refractivity contribution in [2.24, 2.45) is 0 Å². The van der Waals surface area contributed by atoms with Crippen LogP contribution in [0.15, 0.2) is 42.5 Å². The van der Waals surface area contributed by atoms with Gasteiger partial charge in [0, 0.05) is 39.3 Å². The molecular weight excluding hydrogens is 364 g/mol. The number of anilines is 1. The Bertz CT molecular complexity index is 971. The first-order chi connectivity index (χ1) is 13.7. The summed E-state index contributed by atoms with van der Waals surface area (Å²) in [7, 11) is 0. The third kappa shape index (κ3) is 3.80. The van der Waals surface area contributed by atoms with Gasteiger partial charge in [0.25, 0.3) is 0 Å². The van der Waals surface area contributed by atoms with Gasteiger partial charge >= 0.3 is 0 Å². The SMILES string of the molecule is CCC(SC1CCCCC1)C(=O)Nc1ccc2c(c1)c1ccccc1n2CC. The van der Waals surface area contributed by atoms with Crippen molar-refractivity contribution >= 4 is 45.2 Å². The molecule has 1 saturated carbocycles. The van der Waals surface area contributed by atoms with Crippen molar-refractivity contribution in [1.82, 2.24) is 4.57 Å². The predicted molar refractivity (Wildman–Crippen MR) is 122 cm³/mol. The maximum Gasteiger partial charge on any atom is 0.237 e. The van der Waals surface area contributed by atoms with Gasteiger partial charge in [0.15, 0.2) is 0 Å². The van der Waals surface area contributed by atoms with Gasteiger partial charge in [0.1, 0.15) is 0 Å². The molecule has 1 amide bonds. The van der Waals surface area contributed by atoms with E-state index >= 15 is 0 Å². The Morgan fingerprint density at radius 2 is 1.82 bits per heavy atom. The van der Waals surface area contributed by atoms with Gasteiger partial charge in [-0.1, -0.05) is 44.4 Å². The third-order valence-corrected chi connectivity index (χ3v) is 7.66. The summed E-state index contributed by atoms with van der Waals surface area (Å²) in [6, 6.07) is 14.8. The summed E-state index contributed by atoms with van der Waals surface area (Å²) < 4.78 is 2.34. The molecule has 3 aromatic rings. The Balaban J connectivity index is 1.57. The van der Waals surface area contributed by atoms with Crippen LogP contribution in [0.4, 0.5) is 5.69 Å².